The van der Waals surface area contributed by atoms with E-state index in [4.69, 9.17) is 0 Å². The fourth-order valence-electron chi connectivity index (χ4n) is 1.78. The van der Waals surface area contributed by atoms with Crippen molar-refractivity contribution in [1.82, 2.24) is 0 Å². The maximum Gasteiger partial charge on any atom is 0.0990 e. The lowest BCUT2D eigenvalue weighted by Gasteiger charge is -2.23. The Hall–Kier alpha value is 0.140. The molecule has 0 saturated heterocycles. The van der Waals surface area contributed by atoms with Crippen LogP contribution in [0.15, 0.2) is 24.3 Å². The molecular weight excluding hydrogens is 296 g/mol. The maximum absolute atomic E-state index is 10.2. The quantitative estimate of drug-likeness (QED) is 0.791. The first-order valence-electron chi connectivity index (χ1n) is 4.19. The Balaban J connectivity index is 2.32. The highest BCUT2D eigenvalue weighted by molar-refractivity contribution is 9.24. The zero-order valence-electron chi connectivity index (χ0n) is 7.00. The van der Waals surface area contributed by atoms with Crippen molar-refractivity contribution in [3.8, 4) is 0 Å². The van der Waals surface area contributed by atoms with Gasteiger partial charge in [0.25, 0.3) is 0 Å². The number of alkyl halides is 2. The second kappa shape index (κ2) is 3.37. The van der Waals surface area contributed by atoms with Gasteiger partial charge in [0.05, 0.1) is 9.34 Å². The fourth-order valence-corrected chi connectivity index (χ4v) is 2.43. The topological polar surface area (TPSA) is 20.2 Å². The van der Waals surface area contributed by atoms with Crippen molar-refractivity contribution < 1.29 is 5.11 Å². The highest BCUT2D eigenvalue weighted by atomic mass is 79.9. The molecule has 0 unspecified atom stereocenters. The number of hydrogen-bond acceptors (Lipinski definition) is 1. The van der Waals surface area contributed by atoms with E-state index in [1.54, 1.807) is 0 Å². The molecule has 0 bridgehead atoms. The van der Waals surface area contributed by atoms with Crippen LogP contribution >= 0.6 is 31.9 Å². The van der Waals surface area contributed by atoms with Gasteiger partial charge in [-0.15, -0.1) is 0 Å². The summed E-state index contributed by atoms with van der Waals surface area (Å²) in [4.78, 5) is 0. The van der Waals surface area contributed by atoms with Crippen molar-refractivity contribution in [2.75, 3.05) is 0 Å². The molecule has 1 aromatic carbocycles. The van der Waals surface area contributed by atoms with Crippen LogP contribution in [0, 0.1) is 0 Å². The summed E-state index contributed by atoms with van der Waals surface area (Å²) < 4.78 is -0.0418. The van der Waals surface area contributed by atoms with E-state index in [2.05, 4.69) is 44.0 Å². The lowest BCUT2D eigenvalue weighted by Crippen LogP contribution is -2.36. The second-order valence-electron chi connectivity index (χ2n) is 3.53. The van der Waals surface area contributed by atoms with Gasteiger partial charge in [0.1, 0.15) is 0 Å². The van der Waals surface area contributed by atoms with E-state index >= 15 is 0 Å². The van der Waals surface area contributed by atoms with Crippen molar-refractivity contribution >= 4 is 31.9 Å². The van der Waals surface area contributed by atoms with Crippen LogP contribution in [0.1, 0.15) is 11.1 Å². The van der Waals surface area contributed by atoms with E-state index in [-0.39, 0.29) is 3.74 Å². The van der Waals surface area contributed by atoms with Gasteiger partial charge in [-0.2, -0.15) is 0 Å². The molecule has 13 heavy (non-hydrogen) atoms. The van der Waals surface area contributed by atoms with Gasteiger partial charge in [0, 0.05) is 12.8 Å². The van der Waals surface area contributed by atoms with Gasteiger partial charge in [-0.05, 0) is 11.1 Å². The van der Waals surface area contributed by atoms with Crippen LogP contribution in [0.3, 0.4) is 0 Å². The summed E-state index contributed by atoms with van der Waals surface area (Å²) >= 11 is 6.77. The molecule has 1 aliphatic carbocycles. The minimum Gasteiger partial charge on any atom is -0.387 e. The Kier molecular flexibility index (Phi) is 2.51. The normalized spacial score (nSPS) is 19.1. The first-order valence-corrected chi connectivity index (χ1v) is 6.02. The molecule has 70 valence electrons. The summed E-state index contributed by atoms with van der Waals surface area (Å²) in [5.74, 6) is 0. The molecule has 0 saturated carbocycles. The van der Waals surface area contributed by atoms with Gasteiger partial charge in [-0.3, -0.25) is 0 Å². The number of aliphatic hydroxyl groups is 1. The third-order valence-corrected chi connectivity index (χ3v) is 4.22. The Bertz CT molecular complexity index is 297. The zero-order chi connectivity index (χ0) is 9.47. The molecule has 1 aromatic rings. The number of hydrogen-bond donors (Lipinski definition) is 1. The van der Waals surface area contributed by atoms with Crippen LogP contribution in [0.5, 0.6) is 0 Å². The summed E-state index contributed by atoms with van der Waals surface area (Å²) in [6.45, 7) is 0. The van der Waals surface area contributed by atoms with E-state index in [0.717, 1.165) is 12.8 Å². The lowest BCUT2D eigenvalue weighted by atomic mass is 10.0. The average molecular weight is 306 g/mol. The van der Waals surface area contributed by atoms with Gasteiger partial charge in [-0.1, -0.05) is 56.1 Å². The fraction of sp³-hybridized carbons (Fsp3) is 0.400. The van der Waals surface area contributed by atoms with Crippen LogP contribution in [0.4, 0.5) is 0 Å². The van der Waals surface area contributed by atoms with Gasteiger partial charge in [0.15, 0.2) is 0 Å². The highest BCUT2D eigenvalue weighted by Gasteiger charge is 2.39. The number of fused-ring (bicyclic) bond motifs is 1. The molecule has 1 N–H and O–H groups in total. The largest absolute Gasteiger partial charge is 0.387 e. The maximum atomic E-state index is 10.2. The van der Waals surface area contributed by atoms with Crippen molar-refractivity contribution in [3.05, 3.63) is 35.4 Å². The molecule has 3 heteroatoms. The van der Waals surface area contributed by atoms with Gasteiger partial charge in [0.2, 0.25) is 0 Å². The van der Waals surface area contributed by atoms with Gasteiger partial charge in [-0.25, -0.2) is 0 Å². The van der Waals surface area contributed by atoms with Crippen molar-refractivity contribution in [2.24, 2.45) is 0 Å². The highest BCUT2D eigenvalue weighted by Crippen LogP contribution is 2.37. The Morgan fingerprint density at radius 3 is 2.00 bits per heavy atom. The predicted molar refractivity (Wildman–Crippen MR) is 60.4 cm³/mol. The Labute approximate surface area is 94.4 Å². The van der Waals surface area contributed by atoms with E-state index in [1.165, 1.54) is 11.1 Å². The molecule has 0 fully saturated rings. The Morgan fingerprint density at radius 1 is 1.15 bits per heavy atom. The van der Waals surface area contributed by atoms with Crippen molar-refractivity contribution in [2.45, 2.75) is 22.2 Å². The van der Waals surface area contributed by atoms with Crippen LogP contribution < -0.4 is 0 Å². The summed E-state index contributed by atoms with van der Waals surface area (Å²) in [5.41, 5.74) is 1.85. The first-order chi connectivity index (χ1) is 6.12. The summed E-state index contributed by atoms with van der Waals surface area (Å²) in [7, 11) is 0. The lowest BCUT2D eigenvalue weighted by molar-refractivity contribution is 0.0719. The molecule has 1 nitrogen and oxygen atoms in total. The standard InChI is InChI=1S/C10H10Br2O/c11-9(12)10(13)5-7-3-1-2-4-8(7)6-10/h1-4,9,13H,5-6H2. The van der Waals surface area contributed by atoms with Crippen LogP contribution in [-0.4, -0.2) is 14.4 Å². The Morgan fingerprint density at radius 2 is 1.62 bits per heavy atom. The monoisotopic (exact) mass is 304 g/mol. The number of benzene rings is 1. The molecule has 2 rings (SSSR count). The molecule has 1 aliphatic rings. The number of rotatable bonds is 1. The molecule has 0 aromatic heterocycles. The average Bonchev–Trinajstić information content (AvgIpc) is 2.42. The van der Waals surface area contributed by atoms with Gasteiger partial charge < -0.3 is 5.11 Å². The summed E-state index contributed by atoms with van der Waals surface area (Å²) in [6, 6.07) is 8.19. The van der Waals surface area contributed by atoms with E-state index < -0.39 is 5.60 Å². The van der Waals surface area contributed by atoms with Crippen molar-refractivity contribution in [1.29, 1.82) is 0 Å². The summed E-state index contributed by atoms with van der Waals surface area (Å²) in [6.07, 6.45) is 1.45. The van der Waals surface area contributed by atoms with Crippen LogP contribution in [0.2, 0.25) is 0 Å². The molecule has 0 atom stereocenters. The molecular formula is C10H10Br2O. The molecule has 0 heterocycles. The van der Waals surface area contributed by atoms with E-state index in [1.807, 2.05) is 12.1 Å². The van der Waals surface area contributed by atoms with Crippen LogP contribution in [0.25, 0.3) is 0 Å². The SMILES string of the molecule is OC1(C(Br)Br)Cc2ccccc2C1. The number of halogens is 2. The molecule has 0 radical (unpaired) electrons. The zero-order valence-corrected chi connectivity index (χ0v) is 10.2. The molecule has 0 aliphatic heterocycles. The van der Waals surface area contributed by atoms with Crippen molar-refractivity contribution in [3.63, 3.8) is 0 Å². The molecule has 0 spiro atoms. The smallest absolute Gasteiger partial charge is 0.0990 e. The minimum absolute atomic E-state index is 0.0418. The third-order valence-electron chi connectivity index (χ3n) is 2.52. The van der Waals surface area contributed by atoms with E-state index in [0.29, 0.717) is 0 Å². The summed E-state index contributed by atoms with van der Waals surface area (Å²) in [5, 5.41) is 10.2. The van der Waals surface area contributed by atoms with E-state index in [9.17, 15) is 5.11 Å². The minimum atomic E-state index is -0.663. The second-order valence-corrected chi connectivity index (χ2v) is 6.59. The first kappa shape index (κ1) is 9.69. The third kappa shape index (κ3) is 1.69. The molecule has 0 amide bonds. The van der Waals surface area contributed by atoms with Gasteiger partial charge >= 0.3 is 0 Å². The predicted octanol–water partition coefficient (Wildman–Crippen LogP) is 2.63. The van der Waals surface area contributed by atoms with Crippen LogP contribution in [-0.2, 0) is 12.8 Å².